The first kappa shape index (κ1) is 28.9. The average Bonchev–Trinajstić information content (AvgIpc) is 3.40. The summed E-state index contributed by atoms with van der Waals surface area (Å²) in [5, 5.41) is 5.53. The fraction of sp³-hybridized carbons (Fsp3) is 0.414. The molecule has 2 aliphatic heterocycles. The quantitative estimate of drug-likeness (QED) is 0.445. The summed E-state index contributed by atoms with van der Waals surface area (Å²) in [6.07, 6.45) is 2.63. The van der Waals surface area contributed by atoms with E-state index in [9.17, 15) is 14.4 Å². The Morgan fingerprint density at radius 1 is 0.927 bits per heavy atom. The van der Waals surface area contributed by atoms with Crippen molar-refractivity contribution in [2.45, 2.75) is 24.8 Å². The number of pyridine rings is 1. The Bertz CT molecular complexity index is 1450. The van der Waals surface area contributed by atoms with Gasteiger partial charge in [0, 0.05) is 68.7 Å². The number of anilines is 1. The minimum absolute atomic E-state index is 0.0234. The zero-order valence-corrected chi connectivity index (χ0v) is 24.5. The summed E-state index contributed by atoms with van der Waals surface area (Å²) < 4.78 is 6.41. The molecule has 2 amide bonds. The molecule has 2 fully saturated rings. The van der Waals surface area contributed by atoms with Gasteiger partial charge < -0.3 is 14.5 Å². The Kier molecular flexibility index (Phi) is 8.79. The summed E-state index contributed by atoms with van der Waals surface area (Å²) in [4.78, 5) is 49.3. The third-order valence-electron chi connectivity index (χ3n) is 7.86. The zero-order chi connectivity index (χ0) is 29.1. The van der Waals surface area contributed by atoms with Crippen LogP contribution in [0.25, 0.3) is 0 Å². The first-order valence-electron chi connectivity index (χ1n) is 13.5. The van der Waals surface area contributed by atoms with Crippen molar-refractivity contribution in [2.24, 2.45) is 13.0 Å². The van der Waals surface area contributed by atoms with Crippen LogP contribution in [-0.2, 0) is 16.6 Å². The molecule has 0 bridgehead atoms. The van der Waals surface area contributed by atoms with Gasteiger partial charge in [-0.15, -0.1) is 0 Å². The molecule has 2 aromatic heterocycles. The average molecular weight is 600 g/mol. The molecule has 4 heterocycles. The highest BCUT2D eigenvalue weighted by atomic mass is 35.5. The van der Waals surface area contributed by atoms with Crippen LogP contribution in [0.5, 0.6) is 0 Å². The largest absolute Gasteiger partial charge is 0.453 e. The molecule has 5 rings (SSSR count). The number of hydrogen-bond acceptors (Lipinski definition) is 7. The number of benzene rings is 1. The molecule has 2 saturated heterocycles. The number of halogens is 2. The van der Waals surface area contributed by atoms with Crippen molar-refractivity contribution in [3.63, 3.8) is 0 Å². The molecule has 1 aromatic carbocycles. The summed E-state index contributed by atoms with van der Waals surface area (Å²) in [6, 6.07) is 13.7. The molecule has 0 N–H and O–H groups in total. The number of carbonyl (C=O) groups excluding carboxylic acids is 2. The highest BCUT2D eigenvalue weighted by molar-refractivity contribution is 6.30. The van der Waals surface area contributed by atoms with Gasteiger partial charge in [0.1, 0.15) is 5.82 Å². The molecule has 0 aliphatic carbocycles. The molecular weight excluding hydrogens is 567 g/mol. The van der Waals surface area contributed by atoms with Crippen LogP contribution in [0.15, 0.2) is 59.5 Å². The molecule has 3 aromatic rings. The van der Waals surface area contributed by atoms with Gasteiger partial charge in [0.15, 0.2) is 0 Å². The predicted molar refractivity (Wildman–Crippen MR) is 156 cm³/mol. The van der Waals surface area contributed by atoms with E-state index in [4.69, 9.17) is 27.9 Å². The van der Waals surface area contributed by atoms with Crippen molar-refractivity contribution < 1.29 is 14.3 Å². The first-order chi connectivity index (χ1) is 19.7. The van der Waals surface area contributed by atoms with Crippen LogP contribution in [0.3, 0.4) is 0 Å². The Balaban J connectivity index is 1.48. The summed E-state index contributed by atoms with van der Waals surface area (Å²) in [7, 11) is 2.97. The van der Waals surface area contributed by atoms with E-state index in [1.165, 1.54) is 17.9 Å². The lowest BCUT2D eigenvalue weighted by Gasteiger charge is -2.38. The van der Waals surface area contributed by atoms with Gasteiger partial charge in [-0.1, -0.05) is 35.3 Å². The maximum atomic E-state index is 14.4. The van der Waals surface area contributed by atoms with E-state index in [0.29, 0.717) is 48.6 Å². The van der Waals surface area contributed by atoms with Crippen LogP contribution in [-0.4, -0.2) is 76.4 Å². The maximum absolute atomic E-state index is 14.4. The summed E-state index contributed by atoms with van der Waals surface area (Å²) in [6.45, 7) is 2.30. The van der Waals surface area contributed by atoms with Gasteiger partial charge in [-0.05, 0) is 48.7 Å². The summed E-state index contributed by atoms with van der Waals surface area (Å²) in [5.41, 5.74) is 1.43. The number of aryl methyl sites for hydroxylation is 1. The van der Waals surface area contributed by atoms with Crippen LogP contribution in [0.2, 0.25) is 10.0 Å². The summed E-state index contributed by atoms with van der Waals surface area (Å²) >= 11 is 12.3. The third kappa shape index (κ3) is 6.33. The predicted octanol–water partition coefficient (Wildman–Crippen LogP) is 4.13. The zero-order valence-electron chi connectivity index (χ0n) is 23.0. The van der Waals surface area contributed by atoms with E-state index in [1.54, 1.807) is 42.4 Å². The second-order valence-electron chi connectivity index (χ2n) is 10.4. The second kappa shape index (κ2) is 12.5. The lowest BCUT2D eigenvalue weighted by molar-refractivity contribution is -0.136. The van der Waals surface area contributed by atoms with E-state index in [1.807, 2.05) is 28.0 Å². The summed E-state index contributed by atoms with van der Waals surface area (Å²) in [5.74, 6) is -0.0656. The first-order valence-corrected chi connectivity index (χ1v) is 14.3. The lowest BCUT2D eigenvalue weighted by atomic mass is 9.90. The SMILES string of the molecule is COC(=O)N1CCCCN(C(=O)[C@@H]2CN(c3ccc(=O)n(C)n3)C[C@H]2c2ccc(Cl)cn2)CC1c1ccc(Cl)cc1. The Morgan fingerprint density at radius 3 is 2.34 bits per heavy atom. The van der Waals surface area contributed by atoms with E-state index < -0.39 is 18.1 Å². The number of methoxy groups -OCH3 is 1. The molecule has 3 atom stereocenters. The topological polar surface area (TPSA) is 101 Å². The fourth-order valence-corrected chi connectivity index (χ4v) is 5.92. The highest BCUT2D eigenvalue weighted by Crippen LogP contribution is 2.36. The molecule has 0 saturated carbocycles. The third-order valence-corrected chi connectivity index (χ3v) is 8.34. The van der Waals surface area contributed by atoms with Crippen molar-refractivity contribution in [3.8, 4) is 0 Å². The molecule has 216 valence electrons. The smallest absolute Gasteiger partial charge is 0.410 e. The molecule has 41 heavy (non-hydrogen) atoms. The molecule has 0 radical (unpaired) electrons. The molecule has 1 unspecified atom stereocenters. The van der Waals surface area contributed by atoms with E-state index in [0.717, 1.165) is 24.1 Å². The minimum atomic E-state index is -0.435. The second-order valence-corrected chi connectivity index (χ2v) is 11.3. The van der Waals surface area contributed by atoms with Gasteiger partial charge in [0.25, 0.3) is 5.56 Å². The van der Waals surface area contributed by atoms with Gasteiger partial charge in [0.2, 0.25) is 5.91 Å². The van der Waals surface area contributed by atoms with E-state index >= 15 is 0 Å². The molecular formula is C29H32Cl2N6O4. The normalized spacial score (nSPS) is 21.4. The van der Waals surface area contributed by atoms with Gasteiger partial charge in [-0.3, -0.25) is 19.5 Å². The van der Waals surface area contributed by atoms with Crippen molar-refractivity contribution in [2.75, 3.05) is 44.7 Å². The van der Waals surface area contributed by atoms with Crippen LogP contribution in [0.1, 0.15) is 36.1 Å². The number of hydrogen-bond donors (Lipinski definition) is 0. The number of rotatable bonds is 4. The Morgan fingerprint density at radius 2 is 1.66 bits per heavy atom. The van der Waals surface area contributed by atoms with Crippen molar-refractivity contribution in [1.29, 1.82) is 0 Å². The van der Waals surface area contributed by atoms with Crippen LogP contribution < -0.4 is 10.5 Å². The number of amides is 2. The number of carbonyl (C=O) groups is 2. The number of aromatic nitrogens is 3. The monoisotopic (exact) mass is 598 g/mol. The van der Waals surface area contributed by atoms with Gasteiger partial charge in [0.05, 0.1) is 24.1 Å². The van der Waals surface area contributed by atoms with Crippen LogP contribution >= 0.6 is 23.2 Å². The Labute approximate surface area is 248 Å². The number of ether oxygens (including phenoxy) is 1. The van der Waals surface area contributed by atoms with Crippen molar-refractivity contribution in [3.05, 3.63) is 86.4 Å². The molecule has 2 aliphatic rings. The van der Waals surface area contributed by atoms with Crippen molar-refractivity contribution >= 4 is 41.0 Å². The Hall–Kier alpha value is -3.63. The number of nitrogens with zero attached hydrogens (tertiary/aromatic N) is 6. The highest BCUT2D eigenvalue weighted by Gasteiger charge is 2.43. The van der Waals surface area contributed by atoms with Gasteiger partial charge >= 0.3 is 6.09 Å². The van der Waals surface area contributed by atoms with Gasteiger partial charge in [-0.25, -0.2) is 9.48 Å². The minimum Gasteiger partial charge on any atom is -0.453 e. The maximum Gasteiger partial charge on any atom is 0.410 e. The standard InChI is InChI=1S/C29H32Cl2N6O4/c1-34-27(38)12-11-26(33-34)36-16-22(24-10-9-21(31)15-32-24)23(17-36)28(39)35-13-3-4-14-37(29(40)41-2)25(18-35)19-5-7-20(30)8-6-19/h5-12,15,22-23,25H,3-4,13-14,16-18H2,1-2H3/t22-,23-,25?/m1/s1. The van der Waals surface area contributed by atoms with Gasteiger partial charge in [-0.2, -0.15) is 5.10 Å². The van der Waals surface area contributed by atoms with E-state index in [2.05, 4.69) is 10.1 Å². The molecule has 10 nitrogen and oxygen atoms in total. The molecule has 12 heteroatoms. The van der Waals surface area contributed by atoms with Crippen molar-refractivity contribution in [1.82, 2.24) is 24.6 Å². The fourth-order valence-electron chi connectivity index (χ4n) is 5.69. The van der Waals surface area contributed by atoms with E-state index in [-0.39, 0.29) is 17.4 Å². The van der Waals surface area contributed by atoms with Crippen LogP contribution in [0.4, 0.5) is 10.6 Å². The van der Waals surface area contributed by atoms with Crippen LogP contribution in [0, 0.1) is 5.92 Å². The lowest BCUT2D eigenvalue weighted by Crippen LogP contribution is -2.48. The molecule has 0 spiro atoms.